The van der Waals surface area contributed by atoms with Crippen LogP contribution in [0.3, 0.4) is 0 Å². The zero-order valence-electron chi connectivity index (χ0n) is 13.4. The van der Waals surface area contributed by atoms with Crippen LogP contribution in [0.5, 0.6) is 0 Å². The van der Waals surface area contributed by atoms with Gasteiger partial charge in [-0.2, -0.15) is 0 Å². The van der Waals surface area contributed by atoms with Crippen LogP contribution in [0.4, 0.5) is 4.79 Å². The van der Waals surface area contributed by atoms with Crippen molar-refractivity contribution >= 4 is 29.2 Å². The molecule has 24 heavy (non-hydrogen) atoms. The van der Waals surface area contributed by atoms with E-state index in [2.05, 4.69) is 10.6 Å². The summed E-state index contributed by atoms with van der Waals surface area (Å²) in [6.45, 7) is 3.90. The van der Waals surface area contributed by atoms with Gasteiger partial charge in [-0.3, -0.25) is 10.1 Å². The quantitative estimate of drug-likeness (QED) is 0.815. The van der Waals surface area contributed by atoms with Gasteiger partial charge in [-0.15, -0.1) is 11.3 Å². The molecule has 0 aliphatic rings. The predicted molar refractivity (Wildman–Crippen MR) is 90.9 cm³/mol. The van der Waals surface area contributed by atoms with Gasteiger partial charge in [0.25, 0.3) is 5.91 Å². The highest BCUT2D eigenvalue weighted by Crippen LogP contribution is 2.23. The lowest BCUT2D eigenvalue weighted by Gasteiger charge is -2.17. The number of carbonyl (C=O) groups excluding carboxylic acids is 3. The Labute approximate surface area is 143 Å². The number of carbonyl (C=O) groups is 3. The van der Waals surface area contributed by atoms with E-state index in [1.54, 1.807) is 55.6 Å². The van der Waals surface area contributed by atoms with E-state index in [-0.39, 0.29) is 0 Å². The van der Waals surface area contributed by atoms with Crippen LogP contribution >= 0.6 is 11.3 Å². The van der Waals surface area contributed by atoms with Gasteiger partial charge in [0, 0.05) is 12.1 Å². The minimum atomic E-state index is -1.21. The van der Waals surface area contributed by atoms with Crippen LogP contribution in [0, 0.1) is 6.92 Å². The predicted octanol–water partition coefficient (Wildman–Crippen LogP) is 2.80. The summed E-state index contributed by atoms with van der Waals surface area (Å²) >= 11 is 1.24. The molecule has 3 amide bonds. The molecule has 1 heterocycles. The zero-order valence-corrected chi connectivity index (χ0v) is 14.2. The molecule has 2 aromatic rings. The van der Waals surface area contributed by atoms with Gasteiger partial charge in [0.15, 0.2) is 0 Å². The summed E-state index contributed by atoms with van der Waals surface area (Å²) in [6.07, 6.45) is -1.21. The number of hydrogen-bond acceptors (Lipinski definition) is 5. The maximum absolute atomic E-state index is 12.4. The average Bonchev–Trinajstić information content (AvgIpc) is 2.99. The highest BCUT2D eigenvalue weighted by molar-refractivity contribution is 7.12. The van der Waals surface area contributed by atoms with Crippen LogP contribution in [0.1, 0.15) is 33.8 Å². The van der Waals surface area contributed by atoms with Crippen molar-refractivity contribution < 1.29 is 19.1 Å². The summed E-state index contributed by atoms with van der Waals surface area (Å²) in [6, 6.07) is 9.73. The standard InChI is InChI=1S/C17H18N2O4S/c1-3-18-17(22)19-15(20)13(12-7-5-4-6-8-12)23-16(21)14-11(2)9-10-24-14/h4-10,13H,3H2,1-2H3,(H2,18,19,20,22)/t13-/m0/s1. The molecule has 0 aliphatic heterocycles. The van der Waals surface area contributed by atoms with Gasteiger partial charge < -0.3 is 10.1 Å². The molecule has 0 fully saturated rings. The summed E-state index contributed by atoms with van der Waals surface area (Å²) in [5.41, 5.74) is 1.27. The summed E-state index contributed by atoms with van der Waals surface area (Å²) in [4.78, 5) is 36.7. The molecule has 1 aromatic heterocycles. The van der Waals surface area contributed by atoms with Crippen molar-refractivity contribution in [1.29, 1.82) is 0 Å². The molecular formula is C17H18N2O4S. The van der Waals surface area contributed by atoms with Crippen LogP contribution in [0.25, 0.3) is 0 Å². The molecule has 2 N–H and O–H groups in total. The van der Waals surface area contributed by atoms with Crippen LogP contribution in [0.15, 0.2) is 41.8 Å². The van der Waals surface area contributed by atoms with Gasteiger partial charge in [0.2, 0.25) is 6.10 Å². The Morgan fingerprint density at radius 1 is 1.17 bits per heavy atom. The van der Waals surface area contributed by atoms with Crippen LogP contribution in [-0.2, 0) is 9.53 Å². The third-order valence-electron chi connectivity index (χ3n) is 3.19. The number of hydrogen-bond donors (Lipinski definition) is 2. The summed E-state index contributed by atoms with van der Waals surface area (Å²) in [7, 11) is 0. The third kappa shape index (κ3) is 4.42. The third-order valence-corrected chi connectivity index (χ3v) is 4.18. The fourth-order valence-electron chi connectivity index (χ4n) is 2.03. The minimum Gasteiger partial charge on any atom is -0.443 e. The first-order valence-corrected chi connectivity index (χ1v) is 8.29. The van der Waals surface area contributed by atoms with E-state index in [1.165, 1.54) is 11.3 Å². The number of ether oxygens (including phenoxy) is 1. The van der Waals surface area contributed by atoms with E-state index in [1.807, 2.05) is 0 Å². The maximum atomic E-state index is 12.4. The van der Waals surface area contributed by atoms with Crippen molar-refractivity contribution in [3.63, 3.8) is 0 Å². The lowest BCUT2D eigenvalue weighted by molar-refractivity contribution is -0.129. The van der Waals surface area contributed by atoms with Crippen LogP contribution in [-0.4, -0.2) is 24.5 Å². The van der Waals surface area contributed by atoms with Gasteiger partial charge in [-0.05, 0) is 30.9 Å². The Hall–Kier alpha value is -2.67. The number of benzene rings is 1. The first-order chi connectivity index (χ1) is 11.5. The van der Waals surface area contributed by atoms with Crippen molar-refractivity contribution in [3.8, 4) is 0 Å². The Kier molecular flexibility index (Phi) is 6.08. The zero-order chi connectivity index (χ0) is 17.5. The normalized spacial score (nSPS) is 11.4. The molecule has 0 bridgehead atoms. The van der Waals surface area contributed by atoms with Crippen molar-refractivity contribution in [2.75, 3.05) is 6.54 Å². The molecule has 0 saturated carbocycles. The average molecular weight is 346 g/mol. The van der Waals surface area contributed by atoms with E-state index in [4.69, 9.17) is 4.74 Å². The number of rotatable bonds is 5. The topological polar surface area (TPSA) is 84.5 Å². The smallest absolute Gasteiger partial charge is 0.349 e. The first kappa shape index (κ1) is 17.7. The van der Waals surface area contributed by atoms with E-state index >= 15 is 0 Å². The van der Waals surface area contributed by atoms with Gasteiger partial charge in [0.1, 0.15) is 4.88 Å². The van der Waals surface area contributed by atoms with Gasteiger partial charge in [0.05, 0.1) is 0 Å². The Morgan fingerprint density at radius 3 is 2.46 bits per heavy atom. The van der Waals surface area contributed by atoms with E-state index < -0.39 is 24.0 Å². The number of urea groups is 1. The molecule has 0 unspecified atom stereocenters. The molecule has 0 radical (unpaired) electrons. The second kappa shape index (κ2) is 8.26. The number of thiophene rings is 1. The lowest BCUT2D eigenvalue weighted by atomic mass is 10.1. The van der Waals surface area contributed by atoms with Crippen LogP contribution < -0.4 is 10.6 Å². The number of nitrogens with one attached hydrogen (secondary N) is 2. The molecule has 1 aromatic carbocycles. The monoisotopic (exact) mass is 346 g/mol. The highest BCUT2D eigenvalue weighted by Gasteiger charge is 2.27. The van der Waals surface area contributed by atoms with E-state index in [0.717, 1.165) is 5.56 Å². The van der Waals surface area contributed by atoms with Gasteiger partial charge >= 0.3 is 12.0 Å². The van der Waals surface area contributed by atoms with E-state index in [0.29, 0.717) is 17.0 Å². The largest absolute Gasteiger partial charge is 0.443 e. The number of amides is 3. The van der Waals surface area contributed by atoms with E-state index in [9.17, 15) is 14.4 Å². The molecule has 1 atom stereocenters. The second-order valence-electron chi connectivity index (χ2n) is 4.98. The molecule has 126 valence electrons. The Balaban J connectivity index is 2.20. The van der Waals surface area contributed by atoms with Crippen molar-refractivity contribution in [1.82, 2.24) is 10.6 Å². The fraction of sp³-hybridized carbons (Fsp3) is 0.235. The van der Waals surface area contributed by atoms with Crippen molar-refractivity contribution in [2.45, 2.75) is 20.0 Å². The SMILES string of the molecule is CCNC(=O)NC(=O)[C@@H](OC(=O)c1sccc1C)c1ccccc1. The van der Waals surface area contributed by atoms with Crippen molar-refractivity contribution in [3.05, 3.63) is 57.8 Å². The molecule has 2 rings (SSSR count). The lowest BCUT2D eigenvalue weighted by Crippen LogP contribution is -2.42. The number of esters is 1. The molecule has 0 saturated heterocycles. The summed E-state index contributed by atoms with van der Waals surface area (Å²) in [5.74, 6) is -1.29. The number of aryl methyl sites for hydroxylation is 1. The fourth-order valence-corrected chi connectivity index (χ4v) is 2.83. The Morgan fingerprint density at radius 2 is 1.88 bits per heavy atom. The molecule has 6 nitrogen and oxygen atoms in total. The van der Waals surface area contributed by atoms with Crippen molar-refractivity contribution in [2.24, 2.45) is 0 Å². The maximum Gasteiger partial charge on any atom is 0.349 e. The molecule has 7 heteroatoms. The summed E-state index contributed by atoms with van der Waals surface area (Å²) < 4.78 is 5.38. The van der Waals surface area contributed by atoms with Crippen LogP contribution in [0.2, 0.25) is 0 Å². The molecule has 0 spiro atoms. The number of imide groups is 1. The highest BCUT2D eigenvalue weighted by atomic mass is 32.1. The second-order valence-corrected chi connectivity index (χ2v) is 5.89. The molecular weight excluding hydrogens is 328 g/mol. The van der Waals surface area contributed by atoms with Gasteiger partial charge in [-0.25, -0.2) is 9.59 Å². The van der Waals surface area contributed by atoms with Gasteiger partial charge in [-0.1, -0.05) is 30.3 Å². The minimum absolute atomic E-state index is 0.378. The first-order valence-electron chi connectivity index (χ1n) is 7.41. The Bertz CT molecular complexity index is 727. The molecule has 0 aliphatic carbocycles. The summed E-state index contributed by atoms with van der Waals surface area (Å²) in [5, 5.41) is 6.42.